The van der Waals surface area contributed by atoms with Crippen molar-refractivity contribution in [1.29, 1.82) is 0 Å². The lowest BCUT2D eigenvalue weighted by Crippen LogP contribution is -2.19. The Bertz CT molecular complexity index is 625. The zero-order chi connectivity index (χ0) is 14.7. The number of carbonyl (C=O) groups is 1. The fraction of sp³-hybridized carbons (Fsp3) is 0.286. The molecule has 20 heavy (non-hydrogen) atoms. The first-order valence-electron chi connectivity index (χ1n) is 6.13. The Balaban J connectivity index is 2.09. The molecule has 0 aliphatic carbocycles. The van der Waals surface area contributed by atoms with E-state index in [1.165, 1.54) is 12.1 Å². The Morgan fingerprint density at radius 1 is 1.40 bits per heavy atom. The van der Waals surface area contributed by atoms with Crippen LogP contribution in [0.5, 0.6) is 0 Å². The van der Waals surface area contributed by atoms with E-state index in [0.717, 1.165) is 11.9 Å². The van der Waals surface area contributed by atoms with Gasteiger partial charge in [0.1, 0.15) is 11.6 Å². The van der Waals surface area contributed by atoms with Crippen LogP contribution >= 0.6 is 0 Å². The first-order valence-corrected chi connectivity index (χ1v) is 6.13. The molecule has 5 nitrogen and oxygen atoms in total. The molecule has 2 aromatic rings. The number of hydrogen-bond donors (Lipinski definition) is 1. The molecule has 0 fully saturated rings. The summed E-state index contributed by atoms with van der Waals surface area (Å²) in [4.78, 5) is 17.1. The second-order valence-corrected chi connectivity index (χ2v) is 4.78. The average molecular weight is 277 g/mol. The maximum atomic E-state index is 13.4. The number of halogens is 1. The summed E-state index contributed by atoms with van der Waals surface area (Å²) in [7, 11) is 3.78. The predicted molar refractivity (Wildman–Crippen MR) is 71.7 cm³/mol. The minimum Gasteiger partial charge on any atom is -0.478 e. The smallest absolute Gasteiger partial charge is 0.335 e. The second-order valence-electron chi connectivity index (χ2n) is 4.78. The molecule has 0 spiro atoms. The van der Waals surface area contributed by atoms with Crippen molar-refractivity contribution in [2.75, 3.05) is 7.05 Å². The van der Waals surface area contributed by atoms with E-state index in [1.807, 2.05) is 29.8 Å². The summed E-state index contributed by atoms with van der Waals surface area (Å²) in [5.74, 6) is -0.773. The van der Waals surface area contributed by atoms with E-state index in [9.17, 15) is 9.18 Å². The molecule has 0 amide bonds. The van der Waals surface area contributed by atoms with Crippen LogP contribution in [0.2, 0.25) is 0 Å². The Hall–Kier alpha value is -2.21. The molecule has 2 rings (SSSR count). The first kappa shape index (κ1) is 14.2. The standard InChI is InChI=1S/C14H16FN3O2/c1-17(9-13-16-3-4-18(13)2)8-10-5-11(14(19)20)7-12(15)6-10/h3-7H,8-9H2,1-2H3,(H,19,20). The highest BCUT2D eigenvalue weighted by atomic mass is 19.1. The number of carboxylic acids is 1. The van der Waals surface area contributed by atoms with E-state index in [1.54, 1.807) is 6.20 Å². The van der Waals surface area contributed by atoms with Gasteiger partial charge >= 0.3 is 5.97 Å². The molecule has 0 aliphatic heterocycles. The molecule has 106 valence electrons. The fourth-order valence-corrected chi connectivity index (χ4v) is 2.02. The number of benzene rings is 1. The largest absolute Gasteiger partial charge is 0.478 e. The molecule has 6 heteroatoms. The zero-order valence-electron chi connectivity index (χ0n) is 11.4. The summed E-state index contributed by atoms with van der Waals surface area (Å²) in [5, 5.41) is 8.92. The van der Waals surface area contributed by atoms with Crippen LogP contribution in [0.1, 0.15) is 21.7 Å². The molecule has 1 aromatic heterocycles. The summed E-state index contributed by atoms with van der Waals surface area (Å²) in [6.45, 7) is 1.05. The highest BCUT2D eigenvalue weighted by Gasteiger charge is 2.10. The van der Waals surface area contributed by atoms with Crippen LogP contribution in [0.15, 0.2) is 30.6 Å². The number of carboxylic acid groups (broad SMARTS) is 1. The summed E-state index contributed by atoms with van der Waals surface area (Å²) in [6.07, 6.45) is 3.57. The van der Waals surface area contributed by atoms with Gasteiger partial charge in [0.25, 0.3) is 0 Å². The molecular formula is C14H16FN3O2. The summed E-state index contributed by atoms with van der Waals surface area (Å²) in [5.41, 5.74) is 0.588. The normalized spacial score (nSPS) is 11.0. The minimum atomic E-state index is -1.13. The molecule has 1 heterocycles. The van der Waals surface area contributed by atoms with Gasteiger partial charge in [0.05, 0.1) is 12.1 Å². The van der Waals surface area contributed by atoms with Gasteiger partial charge in [-0.1, -0.05) is 0 Å². The molecule has 0 saturated carbocycles. The van der Waals surface area contributed by atoms with Crippen molar-refractivity contribution in [3.63, 3.8) is 0 Å². The van der Waals surface area contributed by atoms with E-state index >= 15 is 0 Å². The molecule has 0 atom stereocenters. The predicted octanol–water partition coefficient (Wildman–Crippen LogP) is 1.89. The molecule has 1 N–H and O–H groups in total. The third kappa shape index (κ3) is 3.42. The lowest BCUT2D eigenvalue weighted by Gasteiger charge is -2.16. The maximum Gasteiger partial charge on any atom is 0.335 e. The van der Waals surface area contributed by atoms with Crippen LogP contribution in [-0.4, -0.2) is 32.6 Å². The Morgan fingerprint density at radius 3 is 2.75 bits per heavy atom. The molecular weight excluding hydrogens is 261 g/mol. The average Bonchev–Trinajstić information content (AvgIpc) is 2.74. The van der Waals surface area contributed by atoms with E-state index < -0.39 is 11.8 Å². The number of imidazole rings is 1. The fourth-order valence-electron chi connectivity index (χ4n) is 2.02. The van der Waals surface area contributed by atoms with Crippen LogP contribution in [-0.2, 0) is 20.1 Å². The monoisotopic (exact) mass is 277 g/mol. The van der Waals surface area contributed by atoms with Gasteiger partial charge in [-0.25, -0.2) is 14.2 Å². The summed E-state index contributed by atoms with van der Waals surface area (Å²) < 4.78 is 15.3. The van der Waals surface area contributed by atoms with Crippen molar-refractivity contribution < 1.29 is 14.3 Å². The SMILES string of the molecule is CN(Cc1cc(F)cc(C(=O)O)c1)Cc1nccn1C. The van der Waals surface area contributed by atoms with Crippen LogP contribution < -0.4 is 0 Å². The lowest BCUT2D eigenvalue weighted by atomic mass is 10.1. The van der Waals surface area contributed by atoms with E-state index in [-0.39, 0.29) is 5.56 Å². The first-order chi connectivity index (χ1) is 9.45. The number of hydrogen-bond acceptors (Lipinski definition) is 3. The quantitative estimate of drug-likeness (QED) is 0.906. The van der Waals surface area contributed by atoms with Gasteiger partial charge in [0, 0.05) is 26.0 Å². The summed E-state index contributed by atoms with van der Waals surface area (Å²) >= 11 is 0. The molecule has 1 aromatic carbocycles. The van der Waals surface area contributed by atoms with Gasteiger partial charge in [-0.3, -0.25) is 4.90 Å². The number of aromatic nitrogens is 2. The lowest BCUT2D eigenvalue weighted by molar-refractivity contribution is 0.0696. The van der Waals surface area contributed by atoms with Gasteiger partial charge in [0.2, 0.25) is 0 Å². The van der Waals surface area contributed by atoms with E-state index in [0.29, 0.717) is 18.7 Å². The van der Waals surface area contributed by atoms with Gasteiger partial charge in [0.15, 0.2) is 0 Å². The second kappa shape index (κ2) is 5.83. The van der Waals surface area contributed by atoms with Gasteiger partial charge in [-0.05, 0) is 30.8 Å². The zero-order valence-corrected chi connectivity index (χ0v) is 11.4. The highest BCUT2D eigenvalue weighted by Crippen LogP contribution is 2.12. The highest BCUT2D eigenvalue weighted by molar-refractivity contribution is 5.87. The van der Waals surface area contributed by atoms with Gasteiger partial charge < -0.3 is 9.67 Å². The molecule has 0 bridgehead atoms. The topological polar surface area (TPSA) is 58.4 Å². The van der Waals surface area contributed by atoms with Gasteiger partial charge in [-0.15, -0.1) is 0 Å². The molecule has 0 saturated heterocycles. The number of rotatable bonds is 5. The molecule has 0 radical (unpaired) electrons. The minimum absolute atomic E-state index is 0.0367. The Kier molecular flexibility index (Phi) is 4.14. The van der Waals surface area contributed by atoms with Crippen molar-refractivity contribution in [1.82, 2.24) is 14.5 Å². The maximum absolute atomic E-state index is 13.4. The van der Waals surface area contributed by atoms with Crippen LogP contribution in [0, 0.1) is 5.82 Å². The Morgan fingerprint density at radius 2 is 2.15 bits per heavy atom. The van der Waals surface area contributed by atoms with Crippen molar-refractivity contribution in [2.24, 2.45) is 7.05 Å². The Labute approximate surface area is 116 Å². The summed E-state index contributed by atoms with van der Waals surface area (Å²) in [6, 6.07) is 3.85. The van der Waals surface area contributed by atoms with Crippen molar-refractivity contribution in [3.05, 3.63) is 53.4 Å². The van der Waals surface area contributed by atoms with Crippen LogP contribution in [0.3, 0.4) is 0 Å². The van der Waals surface area contributed by atoms with Crippen LogP contribution in [0.25, 0.3) is 0 Å². The van der Waals surface area contributed by atoms with Crippen molar-refractivity contribution in [2.45, 2.75) is 13.1 Å². The van der Waals surface area contributed by atoms with Crippen molar-refractivity contribution >= 4 is 5.97 Å². The molecule has 0 aliphatic rings. The van der Waals surface area contributed by atoms with E-state index in [2.05, 4.69) is 4.98 Å². The number of aromatic carboxylic acids is 1. The number of aryl methyl sites for hydroxylation is 1. The van der Waals surface area contributed by atoms with Gasteiger partial charge in [-0.2, -0.15) is 0 Å². The number of nitrogens with zero attached hydrogens (tertiary/aromatic N) is 3. The van der Waals surface area contributed by atoms with E-state index in [4.69, 9.17) is 5.11 Å². The van der Waals surface area contributed by atoms with Crippen molar-refractivity contribution in [3.8, 4) is 0 Å². The molecule has 0 unspecified atom stereocenters. The van der Waals surface area contributed by atoms with Crippen LogP contribution in [0.4, 0.5) is 4.39 Å². The third-order valence-corrected chi connectivity index (χ3v) is 2.99. The third-order valence-electron chi connectivity index (χ3n) is 2.99.